The molecule has 39 heavy (non-hydrogen) atoms. The van der Waals surface area contributed by atoms with Crippen molar-refractivity contribution in [2.45, 2.75) is 57.9 Å². The number of hydrogen-bond acceptors (Lipinski definition) is 6. The van der Waals surface area contributed by atoms with Crippen molar-refractivity contribution in [1.29, 1.82) is 0 Å². The number of methoxy groups -OCH3 is 1. The molecule has 1 aliphatic heterocycles. The Kier molecular flexibility index (Phi) is 10.1. The second-order valence-corrected chi connectivity index (χ2v) is 11.8. The number of hydrogen-bond donors (Lipinski definition) is 0. The Morgan fingerprint density at radius 3 is 2.28 bits per heavy atom. The first-order chi connectivity index (χ1) is 18.6. The maximum absolute atomic E-state index is 14.6. The summed E-state index contributed by atoms with van der Waals surface area (Å²) in [5.41, 5.74) is 1.70. The van der Waals surface area contributed by atoms with E-state index < -0.39 is 11.8 Å². The lowest BCUT2D eigenvalue weighted by Crippen LogP contribution is -2.39. The first-order valence-electron chi connectivity index (χ1n) is 13.5. The van der Waals surface area contributed by atoms with E-state index in [2.05, 4.69) is 4.90 Å². The minimum Gasteiger partial charge on any atom is -0.493 e. The van der Waals surface area contributed by atoms with Gasteiger partial charge in [-0.05, 0) is 91.9 Å². The van der Waals surface area contributed by atoms with Gasteiger partial charge in [-0.2, -0.15) is 0 Å². The molecule has 0 bridgehead atoms. The Morgan fingerprint density at radius 2 is 1.69 bits per heavy atom. The Hall–Kier alpha value is -2.35. The molecule has 2 aromatic rings. The van der Waals surface area contributed by atoms with E-state index in [0.717, 1.165) is 49.9 Å². The SMILES string of the molecule is COC(=O)c1cc(C2CC2)c(OCC2CCN(C(CC(=O)OCC(C)C)c3cc(Cl)cc(Cl)c3)CC2)cc1F. The Bertz CT molecular complexity index is 1160. The van der Waals surface area contributed by atoms with Crippen molar-refractivity contribution in [3.8, 4) is 5.75 Å². The van der Waals surface area contributed by atoms with Crippen LogP contribution < -0.4 is 4.74 Å². The fraction of sp³-hybridized carbons (Fsp3) is 0.533. The van der Waals surface area contributed by atoms with Crippen LogP contribution in [-0.2, 0) is 14.3 Å². The molecule has 6 nitrogen and oxygen atoms in total. The summed E-state index contributed by atoms with van der Waals surface area (Å²) in [6.45, 7) is 6.35. The second kappa shape index (κ2) is 13.3. The van der Waals surface area contributed by atoms with E-state index in [9.17, 15) is 14.0 Å². The molecule has 9 heteroatoms. The number of benzene rings is 2. The minimum absolute atomic E-state index is 0.0564. The number of carbonyl (C=O) groups is 2. The summed E-state index contributed by atoms with van der Waals surface area (Å²) in [7, 11) is 1.25. The van der Waals surface area contributed by atoms with Crippen LogP contribution in [0.15, 0.2) is 30.3 Å². The van der Waals surface area contributed by atoms with Crippen molar-refractivity contribution in [2.75, 3.05) is 33.4 Å². The summed E-state index contributed by atoms with van der Waals surface area (Å²) < 4.78 is 31.0. The first kappa shape index (κ1) is 29.6. The summed E-state index contributed by atoms with van der Waals surface area (Å²) in [6.07, 6.45) is 3.91. The highest BCUT2D eigenvalue weighted by Gasteiger charge is 2.32. The summed E-state index contributed by atoms with van der Waals surface area (Å²) in [4.78, 5) is 26.9. The molecule has 0 radical (unpaired) electrons. The predicted octanol–water partition coefficient (Wildman–Crippen LogP) is 7.22. The van der Waals surface area contributed by atoms with Crippen molar-refractivity contribution >= 4 is 35.1 Å². The third-order valence-corrected chi connectivity index (χ3v) is 7.73. The molecule has 1 aliphatic carbocycles. The van der Waals surface area contributed by atoms with E-state index in [0.29, 0.717) is 29.0 Å². The zero-order valence-electron chi connectivity index (χ0n) is 22.7. The summed E-state index contributed by atoms with van der Waals surface area (Å²) >= 11 is 12.6. The van der Waals surface area contributed by atoms with Gasteiger partial charge in [-0.1, -0.05) is 37.0 Å². The van der Waals surface area contributed by atoms with Gasteiger partial charge >= 0.3 is 11.9 Å². The Morgan fingerprint density at radius 1 is 1.03 bits per heavy atom. The largest absolute Gasteiger partial charge is 0.493 e. The number of carbonyl (C=O) groups excluding carboxylic acids is 2. The topological polar surface area (TPSA) is 65.1 Å². The monoisotopic (exact) mass is 579 g/mol. The fourth-order valence-corrected chi connectivity index (χ4v) is 5.56. The van der Waals surface area contributed by atoms with Gasteiger partial charge in [0, 0.05) is 22.2 Å². The zero-order chi connectivity index (χ0) is 28.1. The van der Waals surface area contributed by atoms with Crippen molar-refractivity contribution in [1.82, 2.24) is 4.90 Å². The number of esters is 2. The van der Waals surface area contributed by atoms with Gasteiger partial charge in [-0.25, -0.2) is 9.18 Å². The third-order valence-electron chi connectivity index (χ3n) is 7.29. The van der Waals surface area contributed by atoms with Crippen molar-refractivity contribution in [2.24, 2.45) is 11.8 Å². The number of ether oxygens (including phenoxy) is 3. The molecule has 0 aromatic heterocycles. The van der Waals surface area contributed by atoms with Gasteiger partial charge in [-0.15, -0.1) is 0 Å². The van der Waals surface area contributed by atoms with E-state index >= 15 is 0 Å². The average molecular weight is 581 g/mol. The smallest absolute Gasteiger partial charge is 0.340 e. The molecule has 2 aromatic carbocycles. The molecule has 1 heterocycles. The normalized spacial score (nSPS) is 17.2. The number of likely N-dealkylation sites (tertiary alicyclic amines) is 1. The number of halogens is 3. The standard InChI is InChI=1S/C30H36Cl2FNO5/c1-18(2)16-39-29(35)15-27(21-10-22(31)12-23(32)11-21)34-8-6-19(7-9-34)17-38-28-14-26(33)25(30(36)37-3)13-24(28)20-4-5-20/h10-14,18-20,27H,4-9,15-17H2,1-3H3. The molecule has 1 atom stereocenters. The highest BCUT2D eigenvalue weighted by atomic mass is 35.5. The van der Waals surface area contributed by atoms with E-state index in [1.807, 2.05) is 26.0 Å². The number of rotatable bonds is 11. The average Bonchev–Trinajstić information content (AvgIpc) is 3.74. The van der Waals surface area contributed by atoms with Crippen LogP contribution in [0.2, 0.25) is 10.0 Å². The van der Waals surface area contributed by atoms with Crippen LogP contribution in [0.4, 0.5) is 4.39 Å². The molecule has 0 N–H and O–H groups in total. The lowest BCUT2D eigenvalue weighted by molar-refractivity contribution is -0.146. The van der Waals surface area contributed by atoms with Crippen LogP contribution in [0.25, 0.3) is 0 Å². The van der Waals surface area contributed by atoms with Gasteiger partial charge in [0.05, 0.1) is 32.3 Å². The van der Waals surface area contributed by atoms with Crippen LogP contribution in [0, 0.1) is 17.7 Å². The molecule has 0 spiro atoms. The zero-order valence-corrected chi connectivity index (χ0v) is 24.2. The maximum Gasteiger partial charge on any atom is 0.340 e. The van der Waals surface area contributed by atoms with Crippen molar-refractivity contribution in [3.63, 3.8) is 0 Å². The van der Waals surface area contributed by atoms with Gasteiger partial charge in [0.25, 0.3) is 0 Å². The lowest BCUT2D eigenvalue weighted by Gasteiger charge is -2.37. The molecular weight excluding hydrogens is 544 g/mol. The molecule has 2 aliphatic rings. The fourth-order valence-electron chi connectivity index (χ4n) is 5.02. The van der Waals surface area contributed by atoms with Crippen LogP contribution >= 0.6 is 23.2 Å². The van der Waals surface area contributed by atoms with Crippen molar-refractivity contribution in [3.05, 3.63) is 62.9 Å². The summed E-state index contributed by atoms with van der Waals surface area (Å²) in [5.74, 6) is -0.251. The molecule has 1 saturated carbocycles. The molecule has 212 valence electrons. The van der Waals surface area contributed by atoms with Gasteiger partial charge in [0.1, 0.15) is 11.6 Å². The van der Waals surface area contributed by atoms with Crippen LogP contribution in [0.5, 0.6) is 5.75 Å². The highest BCUT2D eigenvalue weighted by molar-refractivity contribution is 6.34. The molecule has 4 rings (SSSR count). The molecular formula is C30H36Cl2FNO5. The van der Waals surface area contributed by atoms with E-state index in [1.54, 1.807) is 12.1 Å². The van der Waals surface area contributed by atoms with Gasteiger partial charge < -0.3 is 14.2 Å². The maximum atomic E-state index is 14.6. The number of piperidine rings is 1. The third kappa shape index (κ3) is 8.09. The van der Waals surface area contributed by atoms with E-state index in [1.165, 1.54) is 13.2 Å². The lowest BCUT2D eigenvalue weighted by atomic mass is 9.93. The van der Waals surface area contributed by atoms with E-state index in [-0.39, 0.29) is 41.7 Å². The summed E-state index contributed by atoms with van der Waals surface area (Å²) in [5, 5.41) is 1.05. The number of nitrogens with zero attached hydrogens (tertiary/aromatic N) is 1. The van der Waals surface area contributed by atoms with Crippen LogP contribution in [0.1, 0.15) is 79.4 Å². The van der Waals surface area contributed by atoms with Gasteiger partial charge in [-0.3, -0.25) is 9.69 Å². The first-order valence-corrected chi connectivity index (χ1v) is 14.3. The van der Waals surface area contributed by atoms with Crippen molar-refractivity contribution < 1.29 is 28.2 Å². The highest BCUT2D eigenvalue weighted by Crippen LogP contribution is 2.45. The van der Waals surface area contributed by atoms with Crippen LogP contribution in [0.3, 0.4) is 0 Å². The molecule has 0 amide bonds. The Labute approximate surface area is 239 Å². The quantitative estimate of drug-likeness (QED) is 0.262. The summed E-state index contributed by atoms with van der Waals surface area (Å²) in [6, 6.07) is 8.08. The predicted molar refractivity (Wildman–Crippen MR) is 149 cm³/mol. The van der Waals surface area contributed by atoms with E-state index in [4.69, 9.17) is 37.4 Å². The second-order valence-electron chi connectivity index (χ2n) is 10.9. The minimum atomic E-state index is -0.683. The van der Waals surface area contributed by atoms with Crippen LogP contribution in [-0.4, -0.2) is 50.3 Å². The Balaban J connectivity index is 1.40. The van der Waals surface area contributed by atoms with Gasteiger partial charge in [0.15, 0.2) is 0 Å². The van der Waals surface area contributed by atoms with Gasteiger partial charge in [0.2, 0.25) is 0 Å². The molecule has 1 unspecified atom stereocenters. The molecule has 2 fully saturated rings. The molecule has 1 saturated heterocycles.